The predicted molar refractivity (Wildman–Crippen MR) is 399 cm³/mol. The summed E-state index contributed by atoms with van der Waals surface area (Å²) in [6.07, 6.45) is 81.6. The normalized spacial score (nSPS) is 18.2. The zero-order chi connectivity index (χ0) is 68.1. The Bertz CT molecular complexity index is 1580. The molecule has 0 aromatic rings. The molecule has 0 bridgehead atoms. The number of carbonyl (C=O) groups excluding carboxylic acids is 1. The molecule has 1 saturated heterocycles. The zero-order valence-electron chi connectivity index (χ0n) is 62.2. The Morgan fingerprint density at radius 2 is 0.649 bits per heavy atom. The average Bonchev–Trinajstić information content (AvgIpc) is 0.844. The topological polar surface area (TPSA) is 189 Å². The van der Waals surface area contributed by atoms with Gasteiger partial charge in [-0.1, -0.05) is 411 Å². The van der Waals surface area contributed by atoms with Gasteiger partial charge in [0.05, 0.1) is 25.4 Å². The molecule has 1 aliphatic heterocycles. The van der Waals surface area contributed by atoms with Gasteiger partial charge in [0.2, 0.25) is 5.91 Å². The lowest BCUT2D eigenvalue weighted by Gasteiger charge is -2.40. The molecule has 94 heavy (non-hydrogen) atoms. The molecule has 11 nitrogen and oxygen atoms in total. The van der Waals surface area contributed by atoms with E-state index >= 15 is 0 Å². The van der Waals surface area contributed by atoms with Gasteiger partial charge in [-0.25, -0.2) is 0 Å². The summed E-state index contributed by atoms with van der Waals surface area (Å²) >= 11 is 0. The second-order valence-electron chi connectivity index (χ2n) is 29.6. The summed E-state index contributed by atoms with van der Waals surface area (Å²) in [5.74, 6) is -0.688. The van der Waals surface area contributed by atoms with E-state index in [2.05, 4.69) is 43.5 Å². The lowest BCUT2D eigenvalue weighted by molar-refractivity contribution is -0.303. The molecule has 0 aliphatic carbocycles. The summed E-state index contributed by atoms with van der Waals surface area (Å²) in [5.41, 5.74) is 0. The molecule has 11 heteroatoms. The smallest absolute Gasteiger partial charge is 0.249 e. The molecule has 9 atom stereocenters. The van der Waals surface area contributed by atoms with Gasteiger partial charge in [-0.2, -0.15) is 0 Å². The van der Waals surface area contributed by atoms with Crippen LogP contribution in [0, 0.1) is 0 Å². The molecule has 558 valence electrons. The summed E-state index contributed by atoms with van der Waals surface area (Å²) < 4.78 is 11.2. The Morgan fingerprint density at radius 3 is 0.947 bits per heavy atom. The summed E-state index contributed by atoms with van der Waals surface area (Å²) in [4.78, 5) is 13.3. The summed E-state index contributed by atoms with van der Waals surface area (Å²) in [7, 11) is 0. The van der Waals surface area contributed by atoms with E-state index in [0.29, 0.717) is 19.3 Å². The van der Waals surface area contributed by atoms with E-state index in [9.17, 15) is 40.5 Å². The van der Waals surface area contributed by atoms with Crippen molar-refractivity contribution in [2.75, 3.05) is 13.2 Å². The monoisotopic (exact) mass is 1330 g/mol. The maximum absolute atomic E-state index is 13.3. The van der Waals surface area contributed by atoms with Crippen LogP contribution in [0.25, 0.3) is 0 Å². The number of amides is 1. The largest absolute Gasteiger partial charge is 0.394 e. The van der Waals surface area contributed by atoms with Gasteiger partial charge in [-0.15, -0.1) is 0 Å². The van der Waals surface area contributed by atoms with Crippen LogP contribution >= 0.6 is 0 Å². The number of hydrogen-bond donors (Lipinski definition) is 8. The molecular formula is C83H161NO10. The number of unbranched alkanes of at least 4 members (excludes halogenated alkanes) is 59. The summed E-state index contributed by atoms with van der Waals surface area (Å²) in [5, 5.41) is 76.8. The van der Waals surface area contributed by atoms with E-state index in [1.54, 1.807) is 0 Å². The van der Waals surface area contributed by atoms with Crippen molar-refractivity contribution in [2.24, 2.45) is 0 Å². The van der Waals surface area contributed by atoms with Crippen LogP contribution in [0.2, 0.25) is 0 Å². The standard InChI is InChI=1S/C83H161NO10/c1-3-5-7-9-11-13-15-17-19-21-23-25-27-29-31-33-34-35-36-37-38-39-40-41-43-45-47-49-51-53-55-57-59-61-63-65-67-69-71-76(87)82(92)84-74(73-93-83-81(91)80(90)79(89)77(72-85)94-83)78(88)75(86)70-68-66-64-62-60-58-56-54-52-50-48-46-44-42-32-30-28-26-24-22-20-18-16-14-12-10-8-6-4-2/h34-35,37-38,74-81,83,85-91H,3-33,36,39-73H2,1-2H3,(H,84,92)/b35-34-,38-37-. The lowest BCUT2D eigenvalue weighted by Crippen LogP contribution is -2.60. The average molecular weight is 1330 g/mol. The number of allylic oxidation sites excluding steroid dienone is 4. The molecule has 1 amide bonds. The van der Waals surface area contributed by atoms with Gasteiger partial charge < -0.3 is 50.5 Å². The van der Waals surface area contributed by atoms with Gasteiger partial charge in [0, 0.05) is 0 Å². The molecule has 1 aliphatic rings. The van der Waals surface area contributed by atoms with Crippen LogP contribution in [0.15, 0.2) is 24.3 Å². The number of aliphatic hydroxyl groups is 7. The lowest BCUT2D eigenvalue weighted by atomic mass is 9.98. The maximum atomic E-state index is 13.3. The highest BCUT2D eigenvalue weighted by molar-refractivity contribution is 5.80. The van der Waals surface area contributed by atoms with Crippen LogP contribution in [-0.2, 0) is 14.3 Å². The van der Waals surface area contributed by atoms with Crippen molar-refractivity contribution in [1.82, 2.24) is 5.32 Å². The van der Waals surface area contributed by atoms with Gasteiger partial charge in [-0.05, 0) is 44.9 Å². The minimum atomic E-state index is -1.66. The molecule has 1 heterocycles. The molecule has 0 saturated carbocycles. The van der Waals surface area contributed by atoms with Crippen LogP contribution in [0.1, 0.15) is 431 Å². The second kappa shape index (κ2) is 71.4. The molecule has 0 radical (unpaired) electrons. The molecule has 0 aromatic heterocycles. The van der Waals surface area contributed by atoms with Gasteiger partial charge in [0.25, 0.3) is 0 Å². The third-order valence-corrected chi connectivity index (χ3v) is 20.5. The van der Waals surface area contributed by atoms with E-state index in [4.69, 9.17) is 9.47 Å². The maximum Gasteiger partial charge on any atom is 0.249 e. The number of hydrogen-bond acceptors (Lipinski definition) is 10. The van der Waals surface area contributed by atoms with Crippen molar-refractivity contribution in [3.8, 4) is 0 Å². The first kappa shape index (κ1) is 90.6. The first-order valence-corrected chi connectivity index (χ1v) is 41.7. The molecule has 0 spiro atoms. The van der Waals surface area contributed by atoms with Gasteiger partial charge >= 0.3 is 0 Å². The van der Waals surface area contributed by atoms with Crippen molar-refractivity contribution in [3.63, 3.8) is 0 Å². The van der Waals surface area contributed by atoms with Crippen molar-refractivity contribution in [2.45, 2.75) is 486 Å². The van der Waals surface area contributed by atoms with E-state index in [1.165, 1.54) is 347 Å². The Hall–Kier alpha value is -1.41. The predicted octanol–water partition coefficient (Wildman–Crippen LogP) is 21.9. The van der Waals surface area contributed by atoms with Crippen LogP contribution in [-0.4, -0.2) is 110 Å². The molecule has 1 fully saturated rings. The van der Waals surface area contributed by atoms with Crippen molar-refractivity contribution in [1.29, 1.82) is 0 Å². The fourth-order valence-electron chi connectivity index (χ4n) is 13.9. The molecule has 0 aromatic carbocycles. The molecule has 1 rings (SSSR count). The fraction of sp³-hybridized carbons (Fsp3) is 0.940. The van der Waals surface area contributed by atoms with Gasteiger partial charge in [-0.3, -0.25) is 4.79 Å². The molecule has 8 N–H and O–H groups in total. The quantitative estimate of drug-likeness (QED) is 0.0215. The SMILES string of the molecule is CCCCCCCCCCCCCCCCC/C=C\C/C=C\CCCCCCCCCCCCCCCCCCC(O)C(=O)NC(COC1OC(CO)C(O)C(O)C1O)C(O)C(O)CCCCCCCCCCCCCCCCCCCCCCCCCCCCCCC. The van der Waals surface area contributed by atoms with Crippen LogP contribution in [0.3, 0.4) is 0 Å². The summed E-state index contributed by atoms with van der Waals surface area (Å²) in [6, 6.07) is -1.17. The van der Waals surface area contributed by atoms with Crippen LogP contribution in [0.5, 0.6) is 0 Å². The van der Waals surface area contributed by atoms with Crippen molar-refractivity contribution in [3.05, 3.63) is 24.3 Å². The number of ether oxygens (including phenoxy) is 2. The van der Waals surface area contributed by atoms with Crippen LogP contribution in [0.4, 0.5) is 0 Å². The Labute approximate surface area is 582 Å². The minimum Gasteiger partial charge on any atom is -0.394 e. The Kier molecular flexibility index (Phi) is 68.8. The van der Waals surface area contributed by atoms with Crippen molar-refractivity contribution < 1.29 is 50.0 Å². The van der Waals surface area contributed by atoms with E-state index in [1.807, 2.05) is 0 Å². The Morgan fingerprint density at radius 1 is 0.372 bits per heavy atom. The number of rotatable bonds is 75. The third kappa shape index (κ3) is 57.4. The van der Waals surface area contributed by atoms with E-state index in [0.717, 1.165) is 44.9 Å². The Balaban J connectivity index is 2.11. The van der Waals surface area contributed by atoms with Crippen molar-refractivity contribution >= 4 is 5.91 Å². The molecular weight excluding hydrogens is 1170 g/mol. The second-order valence-corrected chi connectivity index (χ2v) is 29.6. The first-order chi connectivity index (χ1) is 46.2. The molecule has 9 unspecified atom stereocenters. The third-order valence-electron chi connectivity index (χ3n) is 20.5. The zero-order valence-corrected chi connectivity index (χ0v) is 62.2. The van der Waals surface area contributed by atoms with E-state index < -0.39 is 74.2 Å². The fourth-order valence-corrected chi connectivity index (χ4v) is 13.9. The number of nitrogens with one attached hydrogen (secondary N) is 1. The van der Waals surface area contributed by atoms with Gasteiger partial charge in [0.1, 0.15) is 36.6 Å². The van der Waals surface area contributed by atoms with Crippen LogP contribution < -0.4 is 5.32 Å². The highest BCUT2D eigenvalue weighted by atomic mass is 16.7. The number of carbonyl (C=O) groups is 1. The number of aliphatic hydroxyl groups excluding tert-OH is 7. The minimum absolute atomic E-state index is 0.263. The van der Waals surface area contributed by atoms with E-state index in [-0.39, 0.29) is 6.42 Å². The first-order valence-electron chi connectivity index (χ1n) is 41.7. The highest BCUT2D eigenvalue weighted by Crippen LogP contribution is 2.25. The van der Waals surface area contributed by atoms with Gasteiger partial charge in [0.15, 0.2) is 6.29 Å². The highest BCUT2D eigenvalue weighted by Gasteiger charge is 2.44. The summed E-state index contributed by atoms with van der Waals surface area (Å²) in [6.45, 7) is 3.54.